The van der Waals surface area contributed by atoms with Crippen molar-refractivity contribution in [3.05, 3.63) is 42.0 Å². The van der Waals surface area contributed by atoms with Crippen LogP contribution in [0.1, 0.15) is 5.56 Å². The van der Waals surface area contributed by atoms with E-state index >= 15 is 0 Å². The Kier molecular flexibility index (Phi) is 9.25. The minimum absolute atomic E-state index is 0. The van der Waals surface area contributed by atoms with Crippen LogP contribution < -0.4 is 0 Å². The summed E-state index contributed by atoms with van der Waals surface area (Å²) in [5.74, 6) is 0. The van der Waals surface area contributed by atoms with Crippen LogP contribution >= 0.6 is 48.0 Å². The van der Waals surface area contributed by atoms with Gasteiger partial charge in [0.1, 0.15) is 0 Å². The summed E-state index contributed by atoms with van der Waals surface area (Å²) in [6.07, 6.45) is 0. The smallest absolute Gasteiger partial charge is 0 e. The minimum Gasteiger partial charge on any atom is -0.168 e. The summed E-state index contributed by atoms with van der Waals surface area (Å²) < 4.78 is 0. The van der Waals surface area contributed by atoms with Gasteiger partial charge in [0.2, 0.25) is 0 Å². The fourth-order valence-electron chi connectivity index (χ4n) is 1.31. The maximum atomic E-state index is 2.16. The molecule has 2 aromatic carbocycles. The molecule has 0 saturated heterocycles. The quantitative estimate of drug-likeness (QED) is 0.334. The molecule has 13 heavy (non-hydrogen) atoms. The number of fused-ring (bicyclic) bond motifs is 1. The number of hydrogen-bond acceptors (Lipinski definition) is 0. The van der Waals surface area contributed by atoms with E-state index in [2.05, 4.69) is 43.3 Å². The molecule has 0 amide bonds. The monoisotopic (exact) mass is 433 g/mol. The Labute approximate surface area is 128 Å². The number of hydrogen-bond donors (Lipinski definition) is 0. The molecule has 2 rings (SSSR count). The van der Waals surface area contributed by atoms with Crippen molar-refractivity contribution in [1.29, 1.82) is 0 Å². The van der Waals surface area contributed by atoms with E-state index < -0.39 is 0 Å². The maximum Gasteiger partial charge on any atom is 0 e. The van der Waals surface area contributed by atoms with Crippen molar-refractivity contribution in [1.82, 2.24) is 0 Å². The topological polar surface area (TPSA) is 0 Å². The van der Waals surface area contributed by atoms with Crippen molar-refractivity contribution < 1.29 is 21.7 Å². The average molecular weight is 433 g/mol. The van der Waals surface area contributed by atoms with Crippen molar-refractivity contribution in [2.24, 2.45) is 0 Å². The Morgan fingerprint density at radius 3 is 2.23 bits per heavy atom. The molecule has 0 spiro atoms. The summed E-state index contributed by atoms with van der Waals surface area (Å²) in [6, 6.07) is 12.8. The van der Waals surface area contributed by atoms with E-state index in [0.29, 0.717) is 0 Å². The zero-order valence-corrected chi connectivity index (χ0v) is 13.5. The predicted octanol–water partition coefficient (Wildman–Crippen LogP) is 4.10. The second kappa shape index (κ2) is 7.32. The van der Waals surface area contributed by atoms with Crippen LogP contribution in [0, 0.1) is 6.92 Å². The summed E-state index contributed by atoms with van der Waals surface area (Å²) >= 11 is 0. The van der Waals surface area contributed by atoms with Crippen LogP contribution in [0.15, 0.2) is 36.4 Å². The molecule has 0 heterocycles. The van der Waals surface area contributed by atoms with Gasteiger partial charge in [0.05, 0.1) is 0 Å². The Morgan fingerprint density at radius 2 is 1.62 bits per heavy atom. The number of benzene rings is 1. The van der Waals surface area contributed by atoms with Gasteiger partial charge in [-0.3, -0.25) is 0 Å². The molecule has 0 aliphatic rings. The van der Waals surface area contributed by atoms with Gasteiger partial charge < -0.3 is 0 Å². The van der Waals surface area contributed by atoms with Gasteiger partial charge in [-0.1, -0.05) is 13.0 Å². The van der Waals surface area contributed by atoms with E-state index in [4.69, 9.17) is 0 Å². The number of halogens is 2. The molecule has 0 radical (unpaired) electrons. The minimum atomic E-state index is 0. The molecule has 70 valence electrons. The first-order valence-corrected chi connectivity index (χ1v) is 3.49. The zero-order chi connectivity index (χ0) is 6.97. The summed E-state index contributed by atoms with van der Waals surface area (Å²) in [5, 5.41) is 2.72. The molecule has 0 aliphatic heterocycles. The van der Waals surface area contributed by atoms with Crippen LogP contribution in [0.25, 0.3) is 10.8 Å². The molecule has 0 N–H and O–H groups in total. The first-order chi connectivity index (χ1) is 4.88. The zero-order valence-electron chi connectivity index (χ0n) is 7.28. The van der Waals surface area contributed by atoms with E-state index in [-0.39, 0.29) is 69.7 Å². The SMILES string of the molecule is C[c-]1ccc2ccccc21.I.I.[Ti]. The van der Waals surface area contributed by atoms with E-state index in [0.717, 1.165) is 0 Å². The van der Waals surface area contributed by atoms with Crippen molar-refractivity contribution in [3.63, 3.8) is 0 Å². The summed E-state index contributed by atoms with van der Waals surface area (Å²) in [7, 11) is 0. The first-order valence-electron chi connectivity index (χ1n) is 3.49. The molecule has 3 heteroatoms. The second-order valence-electron chi connectivity index (χ2n) is 2.60. The molecule has 0 aromatic heterocycles. The van der Waals surface area contributed by atoms with E-state index in [1.807, 2.05) is 0 Å². The summed E-state index contributed by atoms with van der Waals surface area (Å²) in [5.41, 5.74) is 1.37. The second-order valence-corrected chi connectivity index (χ2v) is 2.60. The Balaban J connectivity index is 0. The maximum absolute atomic E-state index is 2.16. The molecule has 2 aromatic rings. The van der Waals surface area contributed by atoms with Crippen molar-refractivity contribution in [3.8, 4) is 0 Å². The van der Waals surface area contributed by atoms with E-state index in [9.17, 15) is 0 Å². The standard InChI is InChI=1S/C10H9.2HI.Ti/c1-8-6-7-9-4-2-3-5-10(8)9;;;/h2-7H,1H3;2*1H;/q-1;;;. The van der Waals surface area contributed by atoms with Crippen molar-refractivity contribution in [2.45, 2.75) is 6.92 Å². The third-order valence-electron chi connectivity index (χ3n) is 1.90. The van der Waals surface area contributed by atoms with Crippen LogP contribution in [0.2, 0.25) is 0 Å². The van der Waals surface area contributed by atoms with Gasteiger partial charge >= 0.3 is 0 Å². The molecule has 0 saturated carbocycles. The third kappa shape index (κ3) is 3.57. The molecule has 0 nitrogen and oxygen atoms in total. The van der Waals surface area contributed by atoms with Gasteiger partial charge in [-0.2, -0.15) is 12.1 Å². The Hall–Kier alpha value is 1.00. The van der Waals surface area contributed by atoms with Gasteiger partial charge in [-0.05, 0) is 0 Å². The Bertz CT molecular complexity index is 354. The van der Waals surface area contributed by atoms with Crippen LogP contribution in [0.4, 0.5) is 0 Å². The fourth-order valence-corrected chi connectivity index (χ4v) is 1.31. The molecule has 0 bridgehead atoms. The molecule has 0 fully saturated rings. The van der Waals surface area contributed by atoms with Crippen LogP contribution in [-0.4, -0.2) is 0 Å². The van der Waals surface area contributed by atoms with E-state index in [1.165, 1.54) is 16.3 Å². The number of rotatable bonds is 0. The molecule has 0 aliphatic carbocycles. The van der Waals surface area contributed by atoms with Gasteiger partial charge in [0.25, 0.3) is 0 Å². The van der Waals surface area contributed by atoms with Crippen LogP contribution in [-0.2, 0) is 21.7 Å². The first kappa shape index (κ1) is 16.4. The normalized spacial score (nSPS) is 8.08. The fraction of sp³-hybridized carbons (Fsp3) is 0.100. The third-order valence-corrected chi connectivity index (χ3v) is 1.90. The van der Waals surface area contributed by atoms with Gasteiger partial charge in [-0.25, -0.2) is 0 Å². The van der Waals surface area contributed by atoms with E-state index in [1.54, 1.807) is 0 Å². The average Bonchev–Trinajstić information content (AvgIpc) is 2.34. The van der Waals surface area contributed by atoms with Crippen molar-refractivity contribution >= 4 is 58.7 Å². The number of aryl methyl sites for hydroxylation is 1. The largest absolute Gasteiger partial charge is 0.168 e. The van der Waals surface area contributed by atoms with Gasteiger partial charge in [0, 0.05) is 21.7 Å². The molecule has 0 atom stereocenters. The van der Waals surface area contributed by atoms with Gasteiger partial charge in [-0.15, -0.1) is 82.5 Å². The predicted molar refractivity (Wildman–Crippen MR) is 75.1 cm³/mol. The summed E-state index contributed by atoms with van der Waals surface area (Å²) in [4.78, 5) is 0. The Morgan fingerprint density at radius 1 is 1.00 bits per heavy atom. The van der Waals surface area contributed by atoms with Crippen molar-refractivity contribution in [2.75, 3.05) is 0 Å². The van der Waals surface area contributed by atoms with Crippen LogP contribution in [0.5, 0.6) is 0 Å². The molecule has 0 unspecified atom stereocenters. The molecular formula is C10H11I2Ti-. The summed E-state index contributed by atoms with van der Waals surface area (Å²) in [6.45, 7) is 2.14. The van der Waals surface area contributed by atoms with Crippen LogP contribution in [0.3, 0.4) is 0 Å². The van der Waals surface area contributed by atoms with Gasteiger partial charge in [0.15, 0.2) is 0 Å². The molecular weight excluding hydrogens is 422 g/mol.